The number of hydrogen-bond donors (Lipinski definition) is 3. The van der Waals surface area contributed by atoms with Crippen LogP contribution in [0.4, 0.5) is 5.69 Å². The largest absolute Gasteiger partial charge is 0.482 e. The SMILES string of the molecule is CC(C)C(CN)C(=O)Nc1cccc(OCC(=O)O)c1. The van der Waals surface area contributed by atoms with Crippen LogP contribution < -0.4 is 15.8 Å². The van der Waals surface area contributed by atoms with E-state index in [0.717, 1.165) is 0 Å². The molecule has 1 rings (SSSR count). The van der Waals surface area contributed by atoms with Gasteiger partial charge in [-0.1, -0.05) is 19.9 Å². The Bertz CT molecular complexity index is 474. The summed E-state index contributed by atoms with van der Waals surface area (Å²) in [4.78, 5) is 22.5. The van der Waals surface area contributed by atoms with Gasteiger partial charge in [-0.3, -0.25) is 4.79 Å². The summed E-state index contributed by atoms with van der Waals surface area (Å²) in [6.07, 6.45) is 0. The van der Waals surface area contributed by atoms with E-state index in [0.29, 0.717) is 11.4 Å². The molecule has 6 heteroatoms. The highest BCUT2D eigenvalue weighted by atomic mass is 16.5. The molecule has 0 saturated carbocycles. The number of nitrogens with two attached hydrogens (primary N) is 1. The maximum Gasteiger partial charge on any atom is 0.341 e. The maximum absolute atomic E-state index is 12.0. The van der Waals surface area contributed by atoms with Gasteiger partial charge in [0.25, 0.3) is 0 Å². The lowest BCUT2D eigenvalue weighted by Crippen LogP contribution is -2.33. The first kappa shape index (κ1) is 16.0. The zero-order valence-corrected chi connectivity index (χ0v) is 11.6. The Morgan fingerprint density at radius 1 is 1.40 bits per heavy atom. The van der Waals surface area contributed by atoms with Crippen LogP contribution in [-0.4, -0.2) is 30.1 Å². The van der Waals surface area contributed by atoms with Crippen LogP contribution >= 0.6 is 0 Å². The van der Waals surface area contributed by atoms with Gasteiger partial charge in [0.05, 0.1) is 5.92 Å². The number of benzene rings is 1. The third-order valence-electron chi connectivity index (χ3n) is 2.86. The molecule has 1 aromatic rings. The summed E-state index contributed by atoms with van der Waals surface area (Å²) in [5.41, 5.74) is 6.14. The molecule has 0 aromatic heterocycles. The molecule has 1 unspecified atom stereocenters. The number of rotatable bonds is 7. The van der Waals surface area contributed by atoms with E-state index >= 15 is 0 Å². The van der Waals surface area contributed by atoms with Gasteiger partial charge in [-0.25, -0.2) is 4.79 Å². The molecule has 4 N–H and O–H groups in total. The lowest BCUT2D eigenvalue weighted by Gasteiger charge is -2.18. The molecule has 0 spiro atoms. The number of carboxylic acids is 1. The summed E-state index contributed by atoms with van der Waals surface area (Å²) in [6, 6.07) is 6.59. The first-order valence-corrected chi connectivity index (χ1v) is 6.39. The Morgan fingerprint density at radius 2 is 2.10 bits per heavy atom. The third-order valence-corrected chi connectivity index (χ3v) is 2.86. The van der Waals surface area contributed by atoms with Crippen molar-refractivity contribution < 1.29 is 19.4 Å². The molecule has 0 aliphatic rings. The van der Waals surface area contributed by atoms with Crippen LogP contribution in [0.15, 0.2) is 24.3 Å². The van der Waals surface area contributed by atoms with Crippen molar-refractivity contribution in [3.63, 3.8) is 0 Å². The standard InChI is InChI=1S/C14H20N2O4/c1-9(2)12(7-15)14(19)16-10-4-3-5-11(6-10)20-8-13(17)18/h3-6,9,12H,7-8,15H2,1-2H3,(H,16,19)(H,17,18). The molecule has 1 aromatic carbocycles. The highest BCUT2D eigenvalue weighted by Gasteiger charge is 2.20. The monoisotopic (exact) mass is 280 g/mol. The molecule has 0 heterocycles. The highest BCUT2D eigenvalue weighted by Crippen LogP contribution is 2.19. The van der Waals surface area contributed by atoms with Gasteiger partial charge in [0.2, 0.25) is 5.91 Å². The van der Waals surface area contributed by atoms with Crippen LogP contribution in [0.5, 0.6) is 5.75 Å². The molecule has 0 bridgehead atoms. The number of amides is 1. The van der Waals surface area contributed by atoms with Crippen LogP contribution in [-0.2, 0) is 9.59 Å². The number of aliphatic carboxylic acids is 1. The molecule has 110 valence electrons. The van der Waals surface area contributed by atoms with E-state index in [1.165, 1.54) is 0 Å². The normalized spacial score (nSPS) is 12.0. The average Bonchev–Trinajstić information content (AvgIpc) is 2.37. The Balaban J connectivity index is 2.70. The second kappa shape index (κ2) is 7.49. The molecule has 0 aliphatic carbocycles. The number of ether oxygens (including phenoxy) is 1. The molecule has 0 saturated heterocycles. The smallest absolute Gasteiger partial charge is 0.341 e. The molecular weight excluding hydrogens is 260 g/mol. The number of nitrogens with one attached hydrogen (secondary N) is 1. The van der Waals surface area contributed by atoms with E-state index < -0.39 is 12.6 Å². The van der Waals surface area contributed by atoms with Gasteiger partial charge in [-0.05, 0) is 18.1 Å². The zero-order valence-electron chi connectivity index (χ0n) is 11.6. The van der Waals surface area contributed by atoms with Crippen LogP contribution in [0.25, 0.3) is 0 Å². The van der Waals surface area contributed by atoms with Crippen molar-refractivity contribution in [3.8, 4) is 5.75 Å². The Labute approximate surface area is 117 Å². The van der Waals surface area contributed by atoms with E-state index in [2.05, 4.69) is 5.32 Å². The Kier molecular flexibility index (Phi) is 5.99. The number of anilines is 1. The molecular formula is C14H20N2O4. The summed E-state index contributed by atoms with van der Waals surface area (Å²) in [5.74, 6) is -0.940. The van der Waals surface area contributed by atoms with Crippen molar-refractivity contribution in [3.05, 3.63) is 24.3 Å². The van der Waals surface area contributed by atoms with Gasteiger partial charge in [0.1, 0.15) is 5.75 Å². The minimum atomic E-state index is -1.05. The fourth-order valence-electron chi connectivity index (χ4n) is 1.73. The van der Waals surface area contributed by atoms with Crippen molar-refractivity contribution >= 4 is 17.6 Å². The van der Waals surface area contributed by atoms with Gasteiger partial charge in [0.15, 0.2) is 6.61 Å². The van der Waals surface area contributed by atoms with Crippen LogP contribution in [0, 0.1) is 11.8 Å². The molecule has 0 radical (unpaired) electrons. The predicted octanol–water partition coefficient (Wildman–Crippen LogP) is 1.32. The Hall–Kier alpha value is -2.08. The topological polar surface area (TPSA) is 102 Å². The quantitative estimate of drug-likeness (QED) is 0.699. The number of carbonyl (C=O) groups is 2. The first-order valence-electron chi connectivity index (χ1n) is 6.39. The van der Waals surface area contributed by atoms with Gasteiger partial charge >= 0.3 is 5.97 Å². The minimum Gasteiger partial charge on any atom is -0.482 e. The van der Waals surface area contributed by atoms with Gasteiger partial charge < -0.3 is 20.9 Å². The van der Waals surface area contributed by atoms with E-state index in [1.807, 2.05) is 13.8 Å². The van der Waals surface area contributed by atoms with Crippen molar-refractivity contribution in [2.24, 2.45) is 17.6 Å². The average molecular weight is 280 g/mol. The molecule has 1 atom stereocenters. The lowest BCUT2D eigenvalue weighted by molar-refractivity contribution is -0.139. The third kappa shape index (κ3) is 4.89. The van der Waals surface area contributed by atoms with E-state index in [-0.39, 0.29) is 24.3 Å². The summed E-state index contributed by atoms with van der Waals surface area (Å²) >= 11 is 0. The van der Waals surface area contributed by atoms with Crippen molar-refractivity contribution in [2.45, 2.75) is 13.8 Å². The minimum absolute atomic E-state index is 0.145. The number of carboxylic acid groups (broad SMARTS) is 1. The van der Waals surface area contributed by atoms with Crippen LogP contribution in [0.3, 0.4) is 0 Å². The summed E-state index contributed by atoms with van der Waals surface area (Å²) < 4.78 is 5.05. The first-order chi connectivity index (χ1) is 9.43. The van der Waals surface area contributed by atoms with E-state index in [4.69, 9.17) is 15.6 Å². The van der Waals surface area contributed by atoms with Gasteiger partial charge in [0, 0.05) is 18.3 Å². The molecule has 1 amide bonds. The van der Waals surface area contributed by atoms with E-state index in [9.17, 15) is 9.59 Å². The fraction of sp³-hybridized carbons (Fsp3) is 0.429. The lowest BCUT2D eigenvalue weighted by atomic mass is 9.95. The second-order valence-corrected chi connectivity index (χ2v) is 4.79. The van der Waals surface area contributed by atoms with Crippen molar-refractivity contribution in [1.29, 1.82) is 0 Å². The fourth-order valence-corrected chi connectivity index (χ4v) is 1.73. The Morgan fingerprint density at radius 3 is 2.65 bits per heavy atom. The molecule has 6 nitrogen and oxygen atoms in total. The zero-order chi connectivity index (χ0) is 15.1. The molecule has 20 heavy (non-hydrogen) atoms. The summed E-state index contributed by atoms with van der Waals surface area (Å²) in [5, 5.41) is 11.3. The van der Waals surface area contributed by atoms with Crippen LogP contribution in [0.2, 0.25) is 0 Å². The molecule has 0 aliphatic heterocycles. The van der Waals surface area contributed by atoms with E-state index in [1.54, 1.807) is 24.3 Å². The summed E-state index contributed by atoms with van der Waals surface area (Å²) in [6.45, 7) is 3.72. The van der Waals surface area contributed by atoms with Crippen LogP contribution in [0.1, 0.15) is 13.8 Å². The number of hydrogen-bond acceptors (Lipinski definition) is 4. The highest BCUT2D eigenvalue weighted by molar-refractivity contribution is 5.93. The van der Waals surface area contributed by atoms with Crippen molar-refractivity contribution in [1.82, 2.24) is 0 Å². The molecule has 0 fully saturated rings. The summed E-state index contributed by atoms with van der Waals surface area (Å²) in [7, 11) is 0. The predicted molar refractivity (Wildman–Crippen MR) is 75.6 cm³/mol. The number of carbonyl (C=O) groups excluding carboxylic acids is 1. The van der Waals surface area contributed by atoms with Gasteiger partial charge in [-0.2, -0.15) is 0 Å². The van der Waals surface area contributed by atoms with Crippen molar-refractivity contribution in [2.75, 3.05) is 18.5 Å². The van der Waals surface area contributed by atoms with Gasteiger partial charge in [-0.15, -0.1) is 0 Å². The second-order valence-electron chi connectivity index (χ2n) is 4.79. The maximum atomic E-state index is 12.0.